The van der Waals surface area contributed by atoms with Crippen molar-refractivity contribution in [3.63, 3.8) is 0 Å². The van der Waals surface area contributed by atoms with Gasteiger partial charge >= 0.3 is 5.97 Å². The molecule has 0 unspecified atom stereocenters. The fourth-order valence-corrected chi connectivity index (χ4v) is 7.81. The number of hydrogen-bond acceptors (Lipinski definition) is 8. The molecule has 0 bridgehead atoms. The molecule has 4 aromatic carbocycles. The van der Waals surface area contributed by atoms with Gasteiger partial charge in [0.1, 0.15) is 5.58 Å². The molecule has 264 valence electrons. The monoisotopic (exact) mass is 708 g/mol. The first kappa shape index (κ1) is 35.2. The number of esters is 1. The van der Waals surface area contributed by atoms with E-state index in [0.29, 0.717) is 66.1 Å². The average molecular weight is 709 g/mol. The lowest BCUT2D eigenvalue weighted by atomic mass is 10.1. The van der Waals surface area contributed by atoms with Gasteiger partial charge in [-0.05, 0) is 80.4 Å². The SMILES string of the molecule is CCOC(=O)c1oc2ccc(S(=O)(=O)N(CCc3ccccc3)c3ccccc3N3CCN(C(=O)c4ccc(NC(C)=O)cc4)CC3)cc2c1C. The van der Waals surface area contributed by atoms with Gasteiger partial charge < -0.3 is 24.3 Å². The van der Waals surface area contributed by atoms with Crippen molar-refractivity contribution < 1.29 is 32.0 Å². The standard InChI is InChI=1S/C39H40N4O7S/c1-4-49-39(46)37-27(2)33-26-32(18-19-36(33)50-37)51(47,48)43(21-20-29-10-6-5-7-11-29)35-13-9-8-12-34(35)41-22-24-42(25-23-41)38(45)30-14-16-31(17-15-30)40-28(3)44/h5-19,26H,4,20-25H2,1-3H3,(H,40,44). The van der Waals surface area contributed by atoms with Gasteiger partial charge in [0.2, 0.25) is 11.7 Å². The molecule has 11 nitrogen and oxygen atoms in total. The van der Waals surface area contributed by atoms with Gasteiger partial charge in [0.25, 0.3) is 15.9 Å². The molecule has 1 aliphatic heterocycles. The number of nitrogens with one attached hydrogen (secondary N) is 1. The van der Waals surface area contributed by atoms with E-state index >= 15 is 0 Å². The third-order valence-corrected chi connectivity index (χ3v) is 10.7. The second kappa shape index (κ2) is 15.1. The summed E-state index contributed by atoms with van der Waals surface area (Å²) < 4.78 is 41.7. The lowest BCUT2D eigenvalue weighted by Gasteiger charge is -2.38. The molecular weight excluding hydrogens is 669 g/mol. The van der Waals surface area contributed by atoms with Crippen LogP contribution in [0.1, 0.15) is 45.9 Å². The molecule has 1 aliphatic rings. The fourth-order valence-electron chi connectivity index (χ4n) is 6.30. The van der Waals surface area contributed by atoms with Crippen LogP contribution in [-0.2, 0) is 26.0 Å². The number of piperazine rings is 1. The molecule has 5 aromatic rings. The van der Waals surface area contributed by atoms with Crippen LogP contribution in [0.25, 0.3) is 11.0 Å². The second-order valence-corrected chi connectivity index (χ2v) is 14.1. The maximum Gasteiger partial charge on any atom is 0.374 e. The molecule has 1 aromatic heterocycles. The van der Waals surface area contributed by atoms with E-state index in [9.17, 15) is 22.8 Å². The van der Waals surface area contributed by atoms with Crippen LogP contribution in [0.2, 0.25) is 0 Å². The summed E-state index contributed by atoms with van der Waals surface area (Å²) >= 11 is 0. The smallest absolute Gasteiger partial charge is 0.374 e. The summed E-state index contributed by atoms with van der Waals surface area (Å²) in [6.45, 7) is 7.08. The predicted molar refractivity (Wildman–Crippen MR) is 197 cm³/mol. The van der Waals surface area contributed by atoms with Gasteiger partial charge in [0.05, 0.1) is 22.9 Å². The largest absolute Gasteiger partial charge is 0.460 e. The van der Waals surface area contributed by atoms with E-state index in [0.717, 1.165) is 11.3 Å². The molecule has 1 saturated heterocycles. The first-order chi connectivity index (χ1) is 24.6. The number of para-hydroxylation sites is 2. The van der Waals surface area contributed by atoms with Crippen LogP contribution in [0.5, 0.6) is 0 Å². The van der Waals surface area contributed by atoms with Crippen molar-refractivity contribution in [2.24, 2.45) is 0 Å². The summed E-state index contributed by atoms with van der Waals surface area (Å²) in [4.78, 5) is 41.2. The highest BCUT2D eigenvalue weighted by Gasteiger charge is 2.31. The van der Waals surface area contributed by atoms with E-state index in [4.69, 9.17) is 9.15 Å². The van der Waals surface area contributed by atoms with Gasteiger partial charge in [-0.3, -0.25) is 13.9 Å². The number of fused-ring (bicyclic) bond motifs is 1. The molecule has 12 heteroatoms. The predicted octanol–water partition coefficient (Wildman–Crippen LogP) is 6.28. The van der Waals surface area contributed by atoms with Crippen LogP contribution in [-0.4, -0.2) is 70.4 Å². The third-order valence-electron chi connectivity index (χ3n) is 8.91. The molecule has 0 radical (unpaired) electrons. The quantitative estimate of drug-likeness (QED) is 0.159. The molecule has 2 heterocycles. The second-order valence-electron chi connectivity index (χ2n) is 12.3. The number of amides is 2. The van der Waals surface area contributed by atoms with E-state index < -0.39 is 16.0 Å². The molecule has 0 spiro atoms. The maximum atomic E-state index is 14.7. The topological polar surface area (TPSA) is 129 Å². The summed E-state index contributed by atoms with van der Waals surface area (Å²) in [5.41, 5.74) is 4.30. The zero-order valence-corrected chi connectivity index (χ0v) is 29.6. The van der Waals surface area contributed by atoms with Crippen molar-refractivity contribution in [3.8, 4) is 0 Å². The first-order valence-corrected chi connectivity index (χ1v) is 18.3. The van der Waals surface area contributed by atoms with Gasteiger partial charge in [0.15, 0.2) is 0 Å². The molecule has 1 fully saturated rings. The average Bonchev–Trinajstić information content (AvgIpc) is 3.48. The van der Waals surface area contributed by atoms with E-state index in [2.05, 4.69) is 10.2 Å². The Labute approximate surface area is 297 Å². The number of carbonyl (C=O) groups excluding carboxylic acids is 3. The fraction of sp³-hybridized carbons (Fsp3) is 0.256. The lowest BCUT2D eigenvalue weighted by Crippen LogP contribution is -2.49. The van der Waals surface area contributed by atoms with Gasteiger partial charge in [-0.2, -0.15) is 0 Å². The minimum absolute atomic E-state index is 0.0484. The Hall–Kier alpha value is -5.62. The molecule has 0 saturated carbocycles. The van der Waals surface area contributed by atoms with Crippen molar-refractivity contribution in [1.82, 2.24) is 4.90 Å². The number of furan rings is 1. The Morgan fingerprint density at radius 3 is 2.25 bits per heavy atom. The van der Waals surface area contributed by atoms with E-state index in [-0.39, 0.29) is 35.6 Å². The maximum absolute atomic E-state index is 14.7. The minimum atomic E-state index is -4.13. The lowest BCUT2D eigenvalue weighted by molar-refractivity contribution is -0.114. The highest BCUT2D eigenvalue weighted by Crippen LogP contribution is 2.36. The summed E-state index contributed by atoms with van der Waals surface area (Å²) in [7, 11) is -4.13. The normalized spacial score (nSPS) is 13.2. The summed E-state index contributed by atoms with van der Waals surface area (Å²) in [6.07, 6.45) is 0.470. The highest BCUT2D eigenvalue weighted by atomic mass is 32.2. The Morgan fingerprint density at radius 2 is 1.57 bits per heavy atom. The zero-order chi connectivity index (χ0) is 36.1. The summed E-state index contributed by atoms with van der Waals surface area (Å²) in [5, 5.41) is 3.22. The van der Waals surface area contributed by atoms with Gasteiger partial charge in [0, 0.05) is 61.8 Å². The highest BCUT2D eigenvalue weighted by molar-refractivity contribution is 7.92. The molecule has 1 N–H and O–H groups in total. The van der Waals surface area contributed by atoms with Crippen molar-refractivity contribution >= 4 is 55.8 Å². The Balaban J connectivity index is 1.29. The van der Waals surface area contributed by atoms with Gasteiger partial charge in [-0.15, -0.1) is 0 Å². The Morgan fingerprint density at radius 1 is 0.882 bits per heavy atom. The number of benzene rings is 4. The number of aryl methyl sites for hydroxylation is 1. The number of ether oxygens (including phenoxy) is 1. The number of hydrogen-bond donors (Lipinski definition) is 1. The van der Waals surface area contributed by atoms with Crippen molar-refractivity contribution in [2.45, 2.75) is 32.1 Å². The number of rotatable bonds is 11. The first-order valence-electron chi connectivity index (χ1n) is 16.8. The van der Waals surface area contributed by atoms with Crippen molar-refractivity contribution in [1.29, 1.82) is 0 Å². The number of nitrogens with zero attached hydrogens (tertiary/aromatic N) is 3. The van der Waals surface area contributed by atoms with Crippen LogP contribution in [0, 0.1) is 6.92 Å². The molecule has 6 rings (SSSR count). The Kier molecular flexibility index (Phi) is 10.4. The molecule has 2 amide bonds. The van der Waals surface area contributed by atoms with E-state index in [1.165, 1.54) is 17.3 Å². The van der Waals surface area contributed by atoms with Crippen molar-refractivity contribution in [2.75, 3.05) is 53.9 Å². The van der Waals surface area contributed by atoms with Crippen molar-refractivity contribution in [3.05, 3.63) is 120 Å². The molecule has 51 heavy (non-hydrogen) atoms. The van der Waals surface area contributed by atoms with Gasteiger partial charge in [-0.25, -0.2) is 13.2 Å². The third kappa shape index (κ3) is 7.60. The Bertz CT molecular complexity index is 2160. The van der Waals surface area contributed by atoms with Crippen LogP contribution in [0.3, 0.4) is 0 Å². The van der Waals surface area contributed by atoms with Crippen LogP contribution in [0.4, 0.5) is 17.1 Å². The number of sulfonamides is 1. The summed E-state index contributed by atoms with van der Waals surface area (Å²) in [6, 6.07) is 28.6. The van der Waals surface area contributed by atoms with E-state index in [1.54, 1.807) is 55.1 Å². The van der Waals surface area contributed by atoms with E-state index in [1.807, 2.05) is 54.6 Å². The van der Waals surface area contributed by atoms with Crippen LogP contribution >= 0.6 is 0 Å². The van der Waals surface area contributed by atoms with Gasteiger partial charge in [-0.1, -0.05) is 42.5 Å². The van der Waals surface area contributed by atoms with Crippen LogP contribution < -0.4 is 14.5 Å². The summed E-state index contributed by atoms with van der Waals surface area (Å²) in [5.74, 6) is -0.848. The molecule has 0 aliphatic carbocycles. The number of anilines is 3. The zero-order valence-electron chi connectivity index (χ0n) is 28.8. The number of carbonyl (C=O) groups is 3. The molecule has 0 atom stereocenters. The molecular formula is C39H40N4O7S. The van der Waals surface area contributed by atoms with Crippen LogP contribution in [0.15, 0.2) is 106 Å². The minimum Gasteiger partial charge on any atom is -0.460 e.